The molecule has 0 radical (unpaired) electrons. The van der Waals surface area contributed by atoms with Gasteiger partial charge in [0.25, 0.3) is 0 Å². The lowest BCUT2D eigenvalue weighted by atomic mass is 9.95. The van der Waals surface area contributed by atoms with Crippen LogP contribution in [-0.4, -0.2) is 91.5 Å². The molecule has 0 amide bonds. The van der Waals surface area contributed by atoms with E-state index in [0.29, 0.717) is 68.8 Å². The van der Waals surface area contributed by atoms with E-state index in [0.717, 1.165) is 188 Å². The van der Waals surface area contributed by atoms with E-state index in [1.807, 2.05) is 134 Å². The van der Waals surface area contributed by atoms with Crippen LogP contribution in [0.2, 0.25) is 0 Å². The number of fused-ring (bicyclic) bond motifs is 8. The van der Waals surface area contributed by atoms with Crippen LogP contribution >= 0.6 is 0 Å². The summed E-state index contributed by atoms with van der Waals surface area (Å²) in [4.78, 5) is 76.1. The lowest BCUT2D eigenvalue weighted by molar-refractivity contribution is 0.0994. The van der Waals surface area contributed by atoms with Gasteiger partial charge in [-0.15, -0.1) is 0 Å². The van der Waals surface area contributed by atoms with Gasteiger partial charge in [0, 0.05) is 131 Å². The van der Waals surface area contributed by atoms with Gasteiger partial charge in [0.15, 0.2) is 23.2 Å². The molecule has 0 bridgehead atoms. The van der Waals surface area contributed by atoms with Crippen molar-refractivity contribution >= 4 is 95.1 Å². The van der Waals surface area contributed by atoms with Crippen molar-refractivity contribution in [2.75, 3.05) is 28.7 Å². The minimum absolute atomic E-state index is 0.134. The average Bonchev–Trinajstić information content (AvgIpc) is 1.45. The molecule has 10 aromatic carbocycles. The highest BCUT2D eigenvalue weighted by atomic mass is 19.2. The van der Waals surface area contributed by atoms with Gasteiger partial charge in [-0.1, -0.05) is 114 Å². The summed E-state index contributed by atoms with van der Waals surface area (Å²) in [6, 6.07) is 74.3. The Kier molecular flexibility index (Phi) is 23.2. The van der Waals surface area contributed by atoms with E-state index < -0.39 is 17.5 Å². The number of rotatable bonds is 10. The van der Waals surface area contributed by atoms with E-state index in [9.17, 15) is 22.4 Å². The summed E-state index contributed by atoms with van der Waals surface area (Å²) in [6.45, 7) is 1.76. The zero-order valence-corrected chi connectivity index (χ0v) is 70.6. The van der Waals surface area contributed by atoms with Gasteiger partial charge < -0.3 is 33.9 Å². The number of halogens is 4. The highest BCUT2D eigenvalue weighted by Crippen LogP contribution is 2.42. The second kappa shape index (κ2) is 36.5. The topological polar surface area (TPSA) is 373 Å². The van der Waals surface area contributed by atoms with Gasteiger partial charge in [-0.3, -0.25) is 29.7 Å². The molecule has 0 saturated carbocycles. The first-order valence-electron chi connectivity index (χ1n) is 42.3. The molecule has 0 unspecified atom stereocenters. The molecule has 0 aliphatic heterocycles. The lowest BCUT2D eigenvalue weighted by Crippen LogP contribution is -1.96. The van der Waals surface area contributed by atoms with Crippen LogP contribution in [-0.2, 0) is 25.7 Å². The number of carbonyl (C=O) groups is 1. The number of nitrogen functional groups attached to an aromatic ring is 5. The number of hydrogen-bond acceptors (Lipinski definition) is 23. The second-order valence-electron chi connectivity index (χ2n) is 31.7. The van der Waals surface area contributed by atoms with Gasteiger partial charge in [-0.2, -0.15) is 0 Å². The first-order chi connectivity index (χ1) is 64.4. The first-order valence-corrected chi connectivity index (χ1v) is 42.3. The Labute approximate surface area is 752 Å². The molecule has 27 heteroatoms. The smallest absolute Gasteiger partial charge is 0.194 e. The molecule has 0 spiro atoms. The maximum atomic E-state index is 14.0. The summed E-state index contributed by atoms with van der Waals surface area (Å²) in [5, 5.41) is 16.5. The Morgan fingerprint density at radius 3 is 1.00 bits per heavy atom. The lowest BCUT2D eigenvalue weighted by Gasteiger charge is -2.12. The van der Waals surface area contributed by atoms with Gasteiger partial charge in [0.2, 0.25) is 0 Å². The van der Waals surface area contributed by atoms with Crippen molar-refractivity contribution < 1.29 is 27.6 Å². The van der Waals surface area contributed by atoms with E-state index in [1.165, 1.54) is 79.0 Å². The average molecular weight is 1740 g/mol. The van der Waals surface area contributed by atoms with Crippen molar-refractivity contribution in [1.82, 2.24) is 74.8 Å². The number of aryl methyl sites for hydroxylation is 4. The summed E-state index contributed by atoms with van der Waals surface area (Å²) in [6.07, 6.45) is 22.5. The molecule has 132 heavy (non-hydrogen) atoms. The van der Waals surface area contributed by atoms with Gasteiger partial charge in [0.1, 0.15) is 66.5 Å². The van der Waals surface area contributed by atoms with Crippen molar-refractivity contribution in [2.45, 2.75) is 51.9 Å². The second-order valence-corrected chi connectivity index (χ2v) is 31.7. The van der Waals surface area contributed by atoms with Gasteiger partial charge >= 0.3 is 0 Å². The Morgan fingerprint density at radius 1 is 0.273 bits per heavy atom. The monoisotopic (exact) mass is 1740 g/mol. The number of nitrogens with zero attached hydrogens (tertiary/aromatic N) is 16. The van der Waals surface area contributed by atoms with E-state index >= 15 is 0 Å². The third kappa shape index (κ3) is 16.9. The normalized spacial score (nSPS) is 12.6. The molecule has 0 atom stereocenters. The molecule has 0 saturated heterocycles. The van der Waals surface area contributed by atoms with E-state index in [-0.39, 0.29) is 17.2 Å². The van der Waals surface area contributed by atoms with Crippen molar-refractivity contribution in [3.8, 4) is 112 Å². The third-order valence-corrected chi connectivity index (χ3v) is 23.8. The number of benzene rings is 10. The number of Topliss-reactive ketones (excluding diaryl/α,β-unsaturated/α-hetero) is 1. The number of pyridine rings is 5. The largest absolute Gasteiger partial charge is 0.411 e. The van der Waals surface area contributed by atoms with Crippen molar-refractivity contribution in [2.24, 2.45) is 5.16 Å². The number of ketones is 1. The SMILES string of the molecule is Cc1c(F)cccc1-c1ncccc1-c1ccc2ncnc(N)c2c1.Nc1ncnc2ccc(-c3cccnc3-c3cc(F)c(F)c(F)c3)cc12.Nc1ncnc2ccc(-c3cccnc3-c3ccc4c(c3)CC/C4=N\O)cc12.Nc1ncnc2ccc(-c3cccnc3-c3ccc4c(c3)CCC4)cc12.Nc1ncnc2ccc(-c3cccnc3-c3ccc4c(c3)CCC4=O)cc12. The van der Waals surface area contributed by atoms with Crippen LogP contribution in [0.3, 0.4) is 0 Å². The van der Waals surface area contributed by atoms with Crippen molar-refractivity contribution in [3.63, 3.8) is 0 Å². The molecule has 10 aromatic heterocycles. The Balaban J connectivity index is 0.000000107. The summed E-state index contributed by atoms with van der Waals surface area (Å²) in [5.41, 5.74) is 59.6. The summed E-state index contributed by atoms with van der Waals surface area (Å²) in [5.74, 6) is -1.90. The van der Waals surface area contributed by atoms with Crippen molar-refractivity contribution in [1.29, 1.82) is 0 Å². The van der Waals surface area contributed by atoms with Gasteiger partial charge in [0.05, 0.1) is 61.8 Å². The number of carbonyl (C=O) groups excluding carboxylic acids is 1. The molecule has 642 valence electrons. The first kappa shape index (κ1) is 84.0. The quantitative estimate of drug-likeness (QED) is 0.0320. The fourth-order valence-electron chi connectivity index (χ4n) is 17.1. The molecular weight excluding hydrogens is 1660 g/mol. The van der Waals surface area contributed by atoms with Crippen LogP contribution in [0.4, 0.5) is 46.7 Å². The maximum Gasteiger partial charge on any atom is 0.194 e. The zero-order valence-electron chi connectivity index (χ0n) is 70.6. The Hall–Kier alpha value is -17.5. The summed E-state index contributed by atoms with van der Waals surface area (Å²) in [7, 11) is 0. The number of nitrogens with two attached hydrogens (primary N) is 5. The van der Waals surface area contributed by atoms with Crippen LogP contribution in [0.25, 0.3) is 166 Å². The van der Waals surface area contributed by atoms with Crippen molar-refractivity contribution in [3.05, 3.63) is 361 Å². The number of anilines is 5. The molecule has 0 fully saturated rings. The number of hydrogen-bond donors (Lipinski definition) is 6. The molecule has 23 rings (SSSR count). The predicted octanol–water partition coefficient (Wildman–Crippen LogP) is 21.3. The molecule has 3 aliphatic carbocycles. The van der Waals surface area contributed by atoms with E-state index in [4.69, 9.17) is 38.9 Å². The summed E-state index contributed by atoms with van der Waals surface area (Å²) >= 11 is 0. The van der Waals surface area contributed by atoms with Crippen LogP contribution in [0.1, 0.15) is 63.0 Å². The highest BCUT2D eigenvalue weighted by molar-refractivity contribution is 6.06. The Bertz CT molecular complexity index is 7980. The van der Waals surface area contributed by atoms with E-state index in [1.54, 1.807) is 61.9 Å². The minimum atomic E-state index is -1.51. The van der Waals surface area contributed by atoms with Crippen LogP contribution in [0.5, 0.6) is 0 Å². The van der Waals surface area contributed by atoms with Crippen LogP contribution in [0, 0.1) is 30.2 Å². The highest BCUT2D eigenvalue weighted by Gasteiger charge is 2.25. The fourth-order valence-corrected chi connectivity index (χ4v) is 17.1. The molecule has 3 aliphatic rings. The third-order valence-electron chi connectivity index (χ3n) is 23.8. The zero-order chi connectivity index (χ0) is 90.6. The molecular formula is C105H77F4N21O2. The molecule has 20 aromatic rings. The van der Waals surface area contributed by atoms with Crippen LogP contribution in [0.15, 0.2) is 304 Å². The standard InChI is InChI=1S/C22H17N5O.C22H16N4O.C22H18N4.C20H15FN4.C19H11F3N4/c23-22-18-11-14(4-7-19(18)25-12-26-22)17-2-1-9-24-21(17)15-3-6-16-13(10-15)5-8-20(16)27-28;23-22-18-11-14(4-7-19(18)25-12-26-22)17-2-1-9-24-21(17)15-3-6-16-13(10-15)5-8-20(16)27;23-22-19-12-16(8-9-20(19)25-13-26-22)18-5-2-10-24-21(18)17-7-6-14-3-1-4-15(14)11-17;1-12-14(4-2-6-17(12)21)19-15(5-3-9-23-19)13-7-8-18-16(10-13)20(22)25-11-24-18;20-14-7-11(8-15(21)17(14)22)18-12(2-1-5-24-18)10-3-4-16-13(6-10)19(23)26-9-25-16/h1-4,6-7,9-12,28H,5,8H2,(H2,23,25,26);1-4,6-7,9-12H,5,8H2,(H2,23,25,26);2,5-13H,1,3-4H2,(H2,23,25,26);2-11H,1H3,(H2,22,24,25);1-9H,(H2,23,25,26)/b27-20+;;;;. The summed E-state index contributed by atoms with van der Waals surface area (Å²) < 4.78 is 54.6. The Morgan fingerprint density at radius 2 is 0.598 bits per heavy atom. The maximum absolute atomic E-state index is 14.0. The fraction of sp³-hybridized carbons (Fsp3) is 0.0762. The minimum Gasteiger partial charge on any atom is -0.411 e. The number of aromatic nitrogens is 15. The molecule has 23 nitrogen and oxygen atoms in total. The van der Waals surface area contributed by atoms with Crippen LogP contribution < -0.4 is 28.7 Å². The molecule has 10 heterocycles. The predicted molar refractivity (Wildman–Crippen MR) is 509 cm³/mol. The number of oxime groups is 1. The van der Waals surface area contributed by atoms with Gasteiger partial charge in [-0.25, -0.2) is 67.4 Å². The van der Waals surface area contributed by atoms with Gasteiger partial charge in [-0.05, 0) is 228 Å². The molecule has 11 N–H and O–H groups in total. The van der Waals surface area contributed by atoms with E-state index in [2.05, 4.69) is 130 Å².